The van der Waals surface area contributed by atoms with Crippen molar-refractivity contribution >= 4 is 11.4 Å². The number of aryl methyl sites for hydroxylation is 1. The summed E-state index contributed by atoms with van der Waals surface area (Å²) in [6, 6.07) is 15.9. The second-order valence-electron chi connectivity index (χ2n) is 7.65. The van der Waals surface area contributed by atoms with E-state index in [1.54, 1.807) is 12.1 Å². The van der Waals surface area contributed by atoms with E-state index in [1.807, 2.05) is 12.1 Å². The van der Waals surface area contributed by atoms with E-state index >= 15 is 0 Å². The van der Waals surface area contributed by atoms with Crippen LogP contribution in [0.25, 0.3) is 0 Å². The van der Waals surface area contributed by atoms with Crippen LogP contribution in [0, 0.1) is 0 Å². The average molecular weight is 368 g/mol. The van der Waals surface area contributed by atoms with Crippen LogP contribution < -0.4 is 5.32 Å². The van der Waals surface area contributed by atoms with Crippen LogP contribution >= 0.6 is 0 Å². The number of phenolic OH excluding ortho intramolecular Hbond substituents is 1. The molecule has 2 N–H and O–H groups in total. The molecule has 2 aromatic carbocycles. The number of phenols is 1. The number of anilines is 2. The predicted molar refractivity (Wildman–Crippen MR) is 118 cm³/mol. The third-order valence-corrected chi connectivity index (χ3v) is 5.18. The third-order valence-electron chi connectivity index (χ3n) is 5.18. The Balaban J connectivity index is 1.52. The number of hydrogen-bond donors (Lipinski definition) is 2. The zero-order chi connectivity index (χ0) is 19.2. The molecule has 0 radical (unpaired) electrons. The first-order chi connectivity index (χ1) is 13.3. The zero-order valence-corrected chi connectivity index (χ0v) is 17.1. The maximum Gasteiger partial charge on any atom is 0.115 e. The quantitative estimate of drug-likeness (QED) is 0.262. The number of unbranched alkanes of at least 4 members (excludes halogenated alkanes) is 10. The van der Waals surface area contributed by atoms with E-state index in [9.17, 15) is 5.11 Å². The van der Waals surface area contributed by atoms with Crippen molar-refractivity contribution in [2.24, 2.45) is 0 Å². The zero-order valence-electron chi connectivity index (χ0n) is 17.1. The Morgan fingerprint density at radius 3 is 1.56 bits per heavy atom. The second-order valence-corrected chi connectivity index (χ2v) is 7.65. The maximum absolute atomic E-state index is 9.33. The number of nitrogens with one attached hydrogen (secondary N) is 1. The van der Waals surface area contributed by atoms with Gasteiger partial charge in [-0.05, 0) is 54.8 Å². The summed E-state index contributed by atoms with van der Waals surface area (Å²) in [5.74, 6) is 0.294. The van der Waals surface area contributed by atoms with Crippen LogP contribution in [0.4, 0.5) is 11.4 Å². The summed E-state index contributed by atoms with van der Waals surface area (Å²) < 4.78 is 0. The van der Waals surface area contributed by atoms with Crippen LogP contribution in [-0.4, -0.2) is 5.11 Å². The van der Waals surface area contributed by atoms with Crippen LogP contribution in [0.1, 0.15) is 83.1 Å². The van der Waals surface area contributed by atoms with Crippen LogP contribution in [0.5, 0.6) is 5.75 Å². The standard InChI is InChI=1S/C25H37NO/c1-2-3-4-5-6-7-8-9-10-11-12-13-22-14-16-23(17-15-22)26-24-18-20-25(27)21-19-24/h14-21,26-27H,2-13H2,1H3. The Labute approximate surface area is 166 Å². The van der Waals surface area contributed by atoms with Crippen molar-refractivity contribution < 1.29 is 5.11 Å². The molecule has 0 saturated heterocycles. The van der Waals surface area contributed by atoms with E-state index < -0.39 is 0 Å². The minimum atomic E-state index is 0.294. The Kier molecular flexibility index (Phi) is 10.5. The van der Waals surface area contributed by atoms with Gasteiger partial charge < -0.3 is 10.4 Å². The highest BCUT2D eigenvalue weighted by Crippen LogP contribution is 2.20. The smallest absolute Gasteiger partial charge is 0.115 e. The lowest BCUT2D eigenvalue weighted by Gasteiger charge is -2.08. The molecular formula is C25H37NO. The summed E-state index contributed by atoms with van der Waals surface area (Å²) >= 11 is 0. The molecule has 2 aromatic rings. The molecule has 0 heterocycles. The Hall–Kier alpha value is -1.96. The van der Waals surface area contributed by atoms with Gasteiger partial charge in [-0.15, -0.1) is 0 Å². The Morgan fingerprint density at radius 1 is 0.593 bits per heavy atom. The largest absolute Gasteiger partial charge is 0.508 e. The maximum atomic E-state index is 9.33. The fraction of sp³-hybridized carbons (Fsp3) is 0.520. The van der Waals surface area contributed by atoms with Gasteiger partial charge in [0.1, 0.15) is 5.75 Å². The van der Waals surface area contributed by atoms with Gasteiger partial charge in [0, 0.05) is 11.4 Å². The Morgan fingerprint density at radius 2 is 1.04 bits per heavy atom. The van der Waals surface area contributed by atoms with Crippen molar-refractivity contribution in [3.63, 3.8) is 0 Å². The topological polar surface area (TPSA) is 32.3 Å². The van der Waals surface area contributed by atoms with Crippen molar-refractivity contribution in [3.8, 4) is 5.75 Å². The number of benzene rings is 2. The number of hydrogen-bond acceptors (Lipinski definition) is 2. The van der Waals surface area contributed by atoms with E-state index in [0.717, 1.165) is 11.4 Å². The van der Waals surface area contributed by atoms with Crippen LogP contribution in [0.3, 0.4) is 0 Å². The van der Waals surface area contributed by atoms with Gasteiger partial charge in [0.15, 0.2) is 0 Å². The van der Waals surface area contributed by atoms with E-state index in [1.165, 1.54) is 82.6 Å². The molecule has 2 nitrogen and oxygen atoms in total. The fourth-order valence-corrected chi connectivity index (χ4v) is 3.46. The summed E-state index contributed by atoms with van der Waals surface area (Å²) in [4.78, 5) is 0. The average Bonchev–Trinajstić information content (AvgIpc) is 2.69. The molecule has 0 fully saturated rings. The molecular weight excluding hydrogens is 330 g/mol. The van der Waals surface area contributed by atoms with Gasteiger partial charge in [-0.3, -0.25) is 0 Å². The van der Waals surface area contributed by atoms with Crippen LogP contribution in [0.2, 0.25) is 0 Å². The van der Waals surface area contributed by atoms with Crippen molar-refractivity contribution in [1.82, 2.24) is 0 Å². The van der Waals surface area contributed by atoms with E-state index in [4.69, 9.17) is 0 Å². The van der Waals surface area contributed by atoms with Crippen molar-refractivity contribution in [1.29, 1.82) is 0 Å². The lowest BCUT2D eigenvalue weighted by Crippen LogP contribution is -1.91. The van der Waals surface area contributed by atoms with Crippen molar-refractivity contribution in [3.05, 3.63) is 54.1 Å². The summed E-state index contributed by atoms with van der Waals surface area (Å²) in [6.45, 7) is 2.28. The first kappa shape index (κ1) is 21.3. The Bertz CT molecular complexity index is 603. The van der Waals surface area contributed by atoms with E-state index in [0.29, 0.717) is 5.75 Å². The minimum Gasteiger partial charge on any atom is -0.508 e. The van der Waals surface area contributed by atoms with Gasteiger partial charge in [-0.1, -0.05) is 83.3 Å². The molecule has 2 rings (SSSR count). The summed E-state index contributed by atoms with van der Waals surface area (Å²) in [6.07, 6.45) is 16.5. The first-order valence-electron chi connectivity index (χ1n) is 10.9. The summed E-state index contributed by atoms with van der Waals surface area (Å²) in [5.41, 5.74) is 3.50. The number of rotatable bonds is 14. The third kappa shape index (κ3) is 9.51. The minimum absolute atomic E-state index is 0.294. The normalized spacial score (nSPS) is 10.9. The fourth-order valence-electron chi connectivity index (χ4n) is 3.46. The lowest BCUT2D eigenvalue weighted by molar-refractivity contribution is 0.475. The van der Waals surface area contributed by atoms with Crippen LogP contribution in [0.15, 0.2) is 48.5 Å². The monoisotopic (exact) mass is 367 g/mol. The molecule has 0 aliphatic rings. The lowest BCUT2D eigenvalue weighted by atomic mass is 10.0. The summed E-state index contributed by atoms with van der Waals surface area (Å²) in [7, 11) is 0. The van der Waals surface area contributed by atoms with Gasteiger partial charge in [-0.25, -0.2) is 0 Å². The first-order valence-corrected chi connectivity index (χ1v) is 10.9. The van der Waals surface area contributed by atoms with Crippen LogP contribution in [-0.2, 0) is 6.42 Å². The molecule has 0 amide bonds. The van der Waals surface area contributed by atoms with Gasteiger partial charge in [0.05, 0.1) is 0 Å². The van der Waals surface area contributed by atoms with E-state index in [-0.39, 0.29) is 0 Å². The molecule has 0 spiro atoms. The molecule has 27 heavy (non-hydrogen) atoms. The molecule has 2 heteroatoms. The molecule has 0 aliphatic heterocycles. The number of aromatic hydroxyl groups is 1. The van der Waals surface area contributed by atoms with Gasteiger partial charge in [-0.2, -0.15) is 0 Å². The van der Waals surface area contributed by atoms with Crippen molar-refractivity contribution in [2.75, 3.05) is 5.32 Å². The highest BCUT2D eigenvalue weighted by Gasteiger charge is 1.98. The van der Waals surface area contributed by atoms with Gasteiger partial charge >= 0.3 is 0 Å². The predicted octanol–water partition coefficient (Wildman–Crippen LogP) is 7.99. The summed E-state index contributed by atoms with van der Waals surface area (Å²) in [5, 5.41) is 12.7. The van der Waals surface area contributed by atoms with Gasteiger partial charge in [0.25, 0.3) is 0 Å². The molecule has 0 saturated carbocycles. The SMILES string of the molecule is CCCCCCCCCCCCCc1ccc(Nc2ccc(O)cc2)cc1. The molecule has 0 unspecified atom stereocenters. The highest BCUT2D eigenvalue weighted by atomic mass is 16.3. The highest BCUT2D eigenvalue weighted by molar-refractivity contribution is 5.60. The van der Waals surface area contributed by atoms with E-state index in [2.05, 4.69) is 36.5 Å². The molecule has 0 bridgehead atoms. The molecule has 0 atom stereocenters. The molecule has 0 aromatic heterocycles. The molecule has 148 valence electrons. The molecule has 0 aliphatic carbocycles. The second kappa shape index (κ2) is 13.2. The van der Waals surface area contributed by atoms with Crippen molar-refractivity contribution in [2.45, 2.75) is 84.0 Å². The van der Waals surface area contributed by atoms with Gasteiger partial charge in [0.2, 0.25) is 0 Å².